The summed E-state index contributed by atoms with van der Waals surface area (Å²) in [5, 5.41) is 7.36. The zero-order valence-electron chi connectivity index (χ0n) is 4.74. The number of halogens is 1. The van der Waals surface area contributed by atoms with Gasteiger partial charge in [0.15, 0.2) is 0 Å². The molecule has 0 amide bonds. The van der Waals surface area contributed by atoms with Crippen LogP contribution in [0.15, 0.2) is 23.8 Å². The first kappa shape index (κ1) is 7.44. The van der Waals surface area contributed by atoms with Crippen LogP contribution in [-0.2, 0) is 0 Å². The van der Waals surface area contributed by atoms with Crippen LogP contribution in [0.2, 0.25) is 0 Å². The summed E-state index contributed by atoms with van der Waals surface area (Å²) >= 11 is 5.34. The molecule has 0 saturated carbocycles. The van der Waals surface area contributed by atoms with E-state index in [9.17, 15) is 0 Å². The lowest BCUT2D eigenvalue weighted by Gasteiger charge is -1.80. The van der Waals surface area contributed by atoms with Crippen molar-refractivity contribution in [2.45, 2.75) is 6.92 Å². The van der Waals surface area contributed by atoms with Gasteiger partial charge in [-0.05, 0) is 19.1 Å². The van der Waals surface area contributed by atoms with E-state index < -0.39 is 0 Å². The van der Waals surface area contributed by atoms with Crippen LogP contribution in [0.5, 0.6) is 0 Å². The van der Waals surface area contributed by atoms with Crippen LogP contribution in [0.25, 0.3) is 0 Å². The van der Waals surface area contributed by atoms with E-state index >= 15 is 0 Å². The molecule has 0 aromatic rings. The van der Waals surface area contributed by atoms with E-state index in [1.165, 1.54) is 0 Å². The first-order valence-corrected chi connectivity index (χ1v) is 2.58. The van der Waals surface area contributed by atoms with Crippen molar-refractivity contribution in [3.8, 4) is 0 Å². The molecule has 0 bridgehead atoms. The van der Waals surface area contributed by atoms with Crippen LogP contribution >= 0.6 is 11.6 Å². The van der Waals surface area contributed by atoms with Crippen LogP contribution in [0.4, 0.5) is 0 Å². The number of rotatable bonds is 2. The van der Waals surface area contributed by atoms with Gasteiger partial charge in [0, 0.05) is 10.7 Å². The van der Waals surface area contributed by atoms with Gasteiger partial charge < -0.3 is 5.41 Å². The van der Waals surface area contributed by atoms with Gasteiger partial charge in [0.2, 0.25) is 0 Å². The minimum Gasteiger partial charge on any atom is -0.306 e. The average Bonchev–Trinajstić information content (AvgIpc) is 1.61. The lowest BCUT2D eigenvalue weighted by molar-refractivity contribution is 1.50. The van der Waals surface area contributed by atoms with Crippen LogP contribution in [0, 0.1) is 5.41 Å². The number of hydrogen-bond acceptors (Lipinski definition) is 1. The van der Waals surface area contributed by atoms with Crippen molar-refractivity contribution in [2.75, 3.05) is 0 Å². The van der Waals surface area contributed by atoms with Gasteiger partial charge in [0.25, 0.3) is 0 Å². The molecule has 0 atom stereocenters. The zero-order chi connectivity index (χ0) is 6.57. The predicted octanol–water partition coefficient (Wildman–Crippen LogP) is 2.33. The van der Waals surface area contributed by atoms with Gasteiger partial charge in [0.1, 0.15) is 0 Å². The Kier molecular flexibility index (Phi) is 3.20. The molecule has 0 spiro atoms. The maximum atomic E-state index is 6.90. The highest BCUT2D eigenvalue weighted by molar-refractivity contribution is 6.31. The van der Waals surface area contributed by atoms with E-state index in [0.29, 0.717) is 10.7 Å². The number of hydrogen-bond donors (Lipinski definition) is 1. The van der Waals surface area contributed by atoms with E-state index in [-0.39, 0.29) is 0 Å². The molecule has 0 heterocycles. The highest BCUT2D eigenvalue weighted by Crippen LogP contribution is 1.96. The smallest absolute Gasteiger partial charge is 0.0334 e. The third kappa shape index (κ3) is 5.44. The molecule has 2 heteroatoms. The summed E-state index contributed by atoms with van der Waals surface area (Å²) in [4.78, 5) is 0. The lowest BCUT2D eigenvalue weighted by Crippen LogP contribution is -1.76. The molecule has 1 nitrogen and oxygen atoms in total. The molecule has 0 fully saturated rings. The maximum absolute atomic E-state index is 6.90. The predicted molar refractivity (Wildman–Crippen MR) is 37.5 cm³/mol. The number of nitrogens with one attached hydrogen (secondary N) is 1. The van der Waals surface area contributed by atoms with Crippen molar-refractivity contribution in [1.82, 2.24) is 0 Å². The maximum Gasteiger partial charge on any atom is 0.0334 e. The first-order valence-electron chi connectivity index (χ1n) is 2.20. The van der Waals surface area contributed by atoms with E-state index in [2.05, 4.69) is 6.58 Å². The van der Waals surface area contributed by atoms with Crippen LogP contribution in [0.1, 0.15) is 6.92 Å². The molecule has 0 radical (unpaired) electrons. The van der Waals surface area contributed by atoms with Crippen molar-refractivity contribution < 1.29 is 0 Å². The van der Waals surface area contributed by atoms with E-state index in [0.717, 1.165) is 0 Å². The fourth-order valence-electron chi connectivity index (χ4n) is 0.215. The molecule has 0 aromatic heterocycles. The molecule has 0 aromatic carbocycles. The minimum atomic E-state index is 0.455. The average molecular weight is 130 g/mol. The summed E-state index contributed by atoms with van der Waals surface area (Å²) in [5.41, 5.74) is 0.479. The molecular weight excluding hydrogens is 122 g/mol. The summed E-state index contributed by atoms with van der Waals surface area (Å²) in [6.45, 7) is 5.09. The Morgan fingerprint density at radius 2 is 2.12 bits per heavy atom. The standard InChI is InChI=1S/C6H8ClN/c1-5(7)3-4-6(2)8/h3-4,8H,1H2,2H3/b4-3-,8-6?. The third-order valence-corrected chi connectivity index (χ3v) is 0.640. The van der Waals surface area contributed by atoms with Gasteiger partial charge in [-0.1, -0.05) is 18.2 Å². The summed E-state index contributed by atoms with van der Waals surface area (Å²) in [6, 6.07) is 0. The third-order valence-electron chi connectivity index (χ3n) is 0.514. The topological polar surface area (TPSA) is 23.9 Å². The van der Waals surface area contributed by atoms with Gasteiger partial charge in [-0.2, -0.15) is 0 Å². The van der Waals surface area contributed by atoms with Gasteiger partial charge in [-0.15, -0.1) is 0 Å². The molecular formula is C6H8ClN. The molecule has 0 saturated heterocycles. The first-order chi connectivity index (χ1) is 3.63. The van der Waals surface area contributed by atoms with E-state index in [4.69, 9.17) is 17.0 Å². The SMILES string of the molecule is C=C(Cl)/C=C\C(C)=N. The van der Waals surface area contributed by atoms with Crippen LogP contribution < -0.4 is 0 Å². The van der Waals surface area contributed by atoms with Crippen LogP contribution in [0.3, 0.4) is 0 Å². The van der Waals surface area contributed by atoms with E-state index in [1.54, 1.807) is 19.1 Å². The highest BCUT2D eigenvalue weighted by Gasteiger charge is 1.76. The second kappa shape index (κ2) is 3.44. The van der Waals surface area contributed by atoms with Crippen LogP contribution in [-0.4, -0.2) is 5.71 Å². The molecule has 0 rings (SSSR count). The van der Waals surface area contributed by atoms with Crippen molar-refractivity contribution in [2.24, 2.45) is 0 Å². The monoisotopic (exact) mass is 129 g/mol. The van der Waals surface area contributed by atoms with Crippen molar-refractivity contribution in [3.63, 3.8) is 0 Å². The summed E-state index contributed by atoms with van der Waals surface area (Å²) in [7, 11) is 0. The fraction of sp³-hybridized carbons (Fsp3) is 0.167. The number of allylic oxidation sites excluding steroid dienone is 3. The van der Waals surface area contributed by atoms with Crippen molar-refractivity contribution in [1.29, 1.82) is 5.41 Å². The Bertz CT molecular complexity index is 119. The molecule has 0 aliphatic rings. The quantitative estimate of drug-likeness (QED) is 0.437. The summed E-state index contributed by atoms with van der Waals surface area (Å²) in [5.74, 6) is 0. The Morgan fingerprint density at radius 1 is 1.62 bits per heavy atom. The molecule has 0 aliphatic carbocycles. The Balaban J connectivity index is 3.67. The minimum absolute atomic E-state index is 0.455. The lowest BCUT2D eigenvalue weighted by atomic mass is 10.4. The van der Waals surface area contributed by atoms with Gasteiger partial charge in [-0.3, -0.25) is 0 Å². The molecule has 0 aliphatic heterocycles. The van der Waals surface area contributed by atoms with E-state index in [1.807, 2.05) is 0 Å². The second-order valence-corrected chi connectivity index (χ2v) is 1.95. The Morgan fingerprint density at radius 3 is 2.25 bits per heavy atom. The zero-order valence-corrected chi connectivity index (χ0v) is 5.50. The van der Waals surface area contributed by atoms with Crippen molar-refractivity contribution >= 4 is 17.3 Å². The van der Waals surface area contributed by atoms with Crippen molar-refractivity contribution in [3.05, 3.63) is 23.8 Å². The van der Waals surface area contributed by atoms with Gasteiger partial charge in [-0.25, -0.2) is 0 Å². The Hall–Kier alpha value is -0.560. The molecule has 0 unspecified atom stereocenters. The highest BCUT2D eigenvalue weighted by atomic mass is 35.5. The fourth-order valence-corrected chi connectivity index (χ4v) is 0.278. The molecule has 44 valence electrons. The second-order valence-electron chi connectivity index (χ2n) is 1.46. The summed E-state index contributed by atoms with van der Waals surface area (Å²) < 4.78 is 0. The largest absolute Gasteiger partial charge is 0.306 e. The summed E-state index contributed by atoms with van der Waals surface area (Å²) in [6.07, 6.45) is 3.18. The Labute approximate surface area is 54.2 Å². The molecule has 1 N–H and O–H groups in total. The van der Waals surface area contributed by atoms with Gasteiger partial charge >= 0.3 is 0 Å². The normalized spacial score (nSPS) is 9.75. The molecule has 8 heavy (non-hydrogen) atoms. The van der Waals surface area contributed by atoms with Gasteiger partial charge in [0.05, 0.1) is 0 Å².